The standard InChI is InChI=1S/C29H41B3ClNO5/c1-11-22(31-36-26(2,3)27(4,5)37-31)25(32-38-28(6,7)29(8,9)39-32)20-15-14-19(33)17-24(20)35-18-23-21(30-10)13-12-16-34-23/h12-17,30H,11,18H2,1-10H3/b25-22-. The highest BCUT2D eigenvalue weighted by atomic mass is 35.5. The number of hydrogen-bond donors (Lipinski definition) is 0. The van der Waals surface area contributed by atoms with Crippen molar-refractivity contribution in [1.82, 2.24) is 4.98 Å². The number of ether oxygens (including phenoxy) is 1. The Morgan fingerprint density at radius 1 is 0.897 bits per heavy atom. The third-order valence-electron chi connectivity index (χ3n) is 8.72. The Hall–Kier alpha value is -1.77. The first kappa shape index (κ1) is 30.2. The van der Waals surface area contributed by atoms with Gasteiger partial charge in [0.2, 0.25) is 0 Å². The number of pyridine rings is 1. The minimum atomic E-state index is -0.659. The minimum absolute atomic E-state index is 0.311. The second kappa shape index (κ2) is 10.9. The highest BCUT2D eigenvalue weighted by molar-refractivity contribution is 6.74. The monoisotopic (exact) mass is 551 g/mol. The van der Waals surface area contributed by atoms with Gasteiger partial charge in [-0.1, -0.05) is 42.9 Å². The Bertz CT molecular complexity index is 1220. The molecule has 6 nitrogen and oxygen atoms in total. The molecular weight excluding hydrogens is 510 g/mol. The Morgan fingerprint density at radius 2 is 1.46 bits per heavy atom. The van der Waals surface area contributed by atoms with Crippen molar-refractivity contribution in [3.05, 3.63) is 58.3 Å². The third kappa shape index (κ3) is 5.85. The van der Waals surface area contributed by atoms with E-state index in [1.165, 1.54) is 0 Å². The Balaban J connectivity index is 1.85. The summed E-state index contributed by atoms with van der Waals surface area (Å²) in [4.78, 5) is 4.56. The van der Waals surface area contributed by atoms with Gasteiger partial charge in [-0.2, -0.15) is 0 Å². The lowest BCUT2D eigenvalue weighted by atomic mass is 9.61. The maximum Gasteiger partial charge on any atom is 0.494 e. The van der Waals surface area contributed by atoms with Gasteiger partial charge in [-0.15, -0.1) is 0 Å². The van der Waals surface area contributed by atoms with Crippen LogP contribution in [0.3, 0.4) is 0 Å². The topological polar surface area (TPSA) is 59.0 Å². The molecule has 0 aliphatic carbocycles. The van der Waals surface area contributed by atoms with Gasteiger partial charge in [-0.25, -0.2) is 0 Å². The first-order chi connectivity index (χ1) is 18.1. The predicted octanol–water partition coefficient (Wildman–Crippen LogP) is 5.85. The summed E-state index contributed by atoms with van der Waals surface area (Å²) in [6.45, 7) is 21.0. The van der Waals surface area contributed by atoms with Crippen LogP contribution in [0.25, 0.3) is 5.47 Å². The summed E-state index contributed by atoms with van der Waals surface area (Å²) in [5.74, 6) is 0.627. The molecule has 1 aromatic heterocycles. The van der Waals surface area contributed by atoms with Gasteiger partial charge in [-0.3, -0.25) is 4.98 Å². The van der Waals surface area contributed by atoms with E-state index in [9.17, 15) is 0 Å². The zero-order chi connectivity index (χ0) is 28.8. The van der Waals surface area contributed by atoms with Crippen molar-refractivity contribution in [3.63, 3.8) is 0 Å². The van der Waals surface area contributed by atoms with Crippen LogP contribution in [0.2, 0.25) is 11.8 Å². The van der Waals surface area contributed by atoms with Crippen LogP contribution < -0.4 is 10.2 Å². The first-order valence-electron chi connectivity index (χ1n) is 13.9. The second-order valence-corrected chi connectivity index (χ2v) is 12.8. The highest BCUT2D eigenvalue weighted by Crippen LogP contribution is 2.46. The summed E-state index contributed by atoms with van der Waals surface area (Å²) >= 11 is 6.50. The molecule has 2 aromatic rings. The van der Waals surface area contributed by atoms with Gasteiger partial charge in [0.1, 0.15) is 12.4 Å². The molecule has 0 saturated carbocycles. The summed E-state index contributed by atoms with van der Waals surface area (Å²) in [6.07, 6.45) is 2.46. The van der Waals surface area contributed by atoms with E-state index >= 15 is 0 Å². The van der Waals surface area contributed by atoms with Gasteiger partial charge < -0.3 is 23.4 Å². The predicted molar refractivity (Wildman–Crippen MR) is 162 cm³/mol. The van der Waals surface area contributed by atoms with Gasteiger partial charge in [0.15, 0.2) is 7.28 Å². The molecule has 0 N–H and O–H groups in total. The molecule has 4 rings (SSSR count). The average Bonchev–Trinajstić information content (AvgIpc) is 3.20. The second-order valence-electron chi connectivity index (χ2n) is 12.4. The SMILES string of the molecule is CBc1cccnc1COc1cc(Cl)ccc1/C(B1OC(C)(C)C(C)(C)O1)=C(\CC)B1OC(C)(C)C(C)(C)O1. The van der Waals surface area contributed by atoms with Crippen LogP contribution in [-0.2, 0) is 25.2 Å². The lowest BCUT2D eigenvalue weighted by Gasteiger charge is -2.32. The molecule has 1 aromatic carbocycles. The van der Waals surface area contributed by atoms with Crippen LogP contribution in [-0.4, -0.2) is 48.9 Å². The lowest BCUT2D eigenvalue weighted by Crippen LogP contribution is -2.41. The van der Waals surface area contributed by atoms with Crippen LogP contribution in [0.5, 0.6) is 5.75 Å². The van der Waals surface area contributed by atoms with E-state index in [0.29, 0.717) is 23.8 Å². The zero-order valence-corrected chi connectivity index (χ0v) is 25.9. The van der Waals surface area contributed by atoms with Crippen molar-refractivity contribution in [2.24, 2.45) is 0 Å². The van der Waals surface area contributed by atoms with Crippen molar-refractivity contribution in [1.29, 1.82) is 0 Å². The number of aromatic nitrogens is 1. The molecule has 2 fully saturated rings. The van der Waals surface area contributed by atoms with Crippen molar-refractivity contribution in [2.45, 2.75) is 105 Å². The van der Waals surface area contributed by atoms with Gasteiger partial charge in [-0.05, 0) is 91.0 Å². The summed E-state index contributed by atoms with van der Waals surface area (Å²) in [6, 6.07) is 9.70. The van der Waals surface area contributed by atoms with E-state index in [2.05, 4.69) is 80.2 Å². The fourth-order valence-corrected chi connectivity index (χ4v) is 4.95. The zero-order valence-electron chi connectivity index (χ0n) is 25.1. The summed E-state index contributed by atoms with van der Waals surface area (Å²) in [7, 11) is -0.357. The van der Waals surface area contributed by atoms with Crippen LogP contribution >= 0.6 is 11.6 Å². The number of allylic oxidation sites excluding steroid dienone is 1. The van der Waals surface area contributed by atoms with E-state index in [4.69, 9.17) is 35.0 Å². The third-order valence-corrected chi connectivity index (χ3v) is 8.95. The van der Waals surface area contributed by atoms with E-state index in [1.54, 1.807) is 6.20 Å². The summed E-state index contributed by atoms with van der Waals surface area (Å²) in [5.41, 5.74) is 2.62. The van der Waals surface area contributed by atoms with Crippen LogP contribution in [0.1, 0.15) is 80.0 Å². The van der Waals surface area contributed by atoms with Crippen molar-refractivity contribution >= 4 is 44.1 Å². The number of nitrogens with zero attached hydrogens (tertiary/aromatic N) is 1. The number of rotatable bonds is 8. The van der Waals surface area contributed by atoms with Gasteiger partial charge in [0.25, 0.3) is 0 Å². The van der Waals surface area contributed by atoms with Crippen molar-refractivity contribution < 1.29 is 23.4 Å². The number of benzene rings is 1. The van der Waals surface area contributed by atoms with E-state index in [-0.39, 0.29) is 0 Å². The smallest absolute Gasteiger partial charge is 0.487 e. The number of halogens is 1. The summed E-state index contributed by atoms with van der Waals surface area (Å²) < 4.78 is 32.8. The minimum Gasteiger partial charge on any atom is -0.487 e. The molecule has 0 spiro atoms. The van der Waals surface area contributed by atoms with Gasteiger partial charge in [0, 0.05) is 16.8 Å². The first-order valence-corrected chi connectivity index (χ1v) is 14.3. The maximum absolute atomic E-state index is 6.62. The molecule has 208 valence electrons. The fourth-order valence-electron chi connectivity index (χ4n) is 4.79. The lowest BCUT2D eigenvalue weighted by molar-refractivity contribution is 0.00578. The number of hydrogen-bond acceptors (Lipinski definition) is 6. The molecule has 2 aliphatic heterocycles. The molecule has 10 heteroatoms. The molecule has 0 radical (unpaired) electrons. The van der Waals surface area contributed by atoms with E-state index < -0.39 is 36.6 Å². The fraction of sp³-hybridized carbons (Fsp3) is 0.552. The highest BCUT2D eigenvalue weighted by Gasteiger charge is 2.57. The van der Waals surface area contributed by atoms with Crippen LogP contribution in [0.4, 0.5) is 0 Å². The Labute approximate surface area is 240 Å². The summed E-state index contributed by atoms with van der Waals surface area (Å²) in [5, 5.41) is 0.576. The van der Waals surface area contributed by atoms with Crippen LogP contribution in [0, 0.1) is 0 Å². The molecule has 39 heavy (non-hydrogen) atoms. The van der Waals surface area contributed by atoms with Gasteiger partial charge >= 0.3 is 14.2 Å². The normalized spacial score (nSPS) is 21.6. The molecule has 3 heterocycles. The molecule has 0 bridgehead atoms. The van der Waals surface area contributed by atoms with Crippen molar-refractivity contribution in [3.8, 4) is 5.75 Å². The Morgan fingerprint density at radius 3 is 2.00 bits per heavy atom. The molecule has 2 aliphatic rings. The maximum atomic E-state index is 6.62. The van der Waals surface area contributed by atoms with Crippen LogP contribution in [0.15, 0.2) is 42.0 Å². The largest absolute Gasteiger partial charge is 0.494 e. The molecule has 0 atom stereocenters. The van der Waals surface area contributed by atoms with E-state index in [0.717, 1.165) is 34.9 Å². The quantitative estimate of drug-likeness (QED) is 0.384. The Kier molecular flexibility index (Phi) is 8.44. The van der Waals surface area contributed by atoms with Gasteiger partial charge in [0.05, 0.1) is 28.1 Å². The average molecular weight is 552 g/mol. The molecule has 2 saturated heterocycles. The van der Waals surface area contributed by atoms with E-state index in [1.807, 2.05) is 24.3 Å². The van der Waals surface area contributed by atoms with Crippen molar-refractivity contribution in [2.75, 3.05) is 0 Å². The molecule has 0 amide bonds. The molecular formula is C29H41B3ClNO5. The molecule has 0 unspecified atom stereocenters.